The predicted molar refractivity (Wildman–Crippen MR) is 461 cm³/mol. The van der Waals surface area contributed by atoms with Gasteiger partial charge in [0.15, 0.2) is 11.6 Å². The van der Waals surface area contributed by atoms with Crippen molar-refractivity contribution >= 4 is 53.4 Å². The zero-order chi connectivity index (χ0) is 74.7. The second-order valence-electron chi connectivity index (χ2n) is 30.2. The van der Waals surface area contributed by atoms with Gasteiger partial charge < -0.3 is 13.9 Å². The molecule has 530 valence electrons. The third kappa shape index (κ3) is 9.68. The number of furan rings is 1. The number of nitrogens with zero attached hydrogens (tertiary/aromatic N) is 4. The van der Waals surface area contributed by atoms with Gasteiger partial charge >= 0.3 is 0 Å². The van der Waals surface area contributed by atoms with Crippen molar-refractivity contribution in [3.05, 3.63) is 421 Å². The summed E-state index contributed by atoms with van der Waals surface area (Å²) in [7, 11) is 0. The number of ether oxygens (including phenoxy) is 2. The lowest BCUT2D eigenvalue weighted by molar-refractivity contribution is 0.436. The van der Waals surface area contributed by atoms with Crippen LogP contribution in [0, 0.1) is 0 Å². The van der Waals surface area contributed by atoms with E-state index in [0.29, 0.717) is 11.6 Å². The zero-order valence-corrected chi connectivity index (χ0v) is 62.0. The van der Waals surface area contributed by atoms with Crippen LogP contribution in [0.3, 0.4) is 0 Å². The lowest BCUT2D eigenvalue weighted by Gasteiger charge is -2.40. The first-order valence-corrected chi connectivity index (χ1v) is 39.5. The van der Waals surface area contributed by atoms with Gasteiger partial charge in [0.1, 0.15) is 34.2 Å². The maximum Gasteiger partial charge on any atom is 0.160 e. The molecule has 0 atom stereocenters. The average molecular weight is 1470 g/mol. The van der Waals surface area contributed by atoms with Gasteiger partial charge in [-0.1, -0.05) is 297 Å². The third-order valence-corrected chi connectivity index (χ3v) is 25.3. The fraction of sp³-hybridized carbons (Fsp3) is 0.0189. The minimum absolute atomic E-state index is 0.572. The van der Waals surface area contributed by atoms with Crippen molar-refractivity contribution in [3.8, 4) is 146 Å². The molecular formula is C106H62N4O3S. The minimum Gasteiger partial charge on any atom is -0.457 e. The molecule has 7 nitrogen and oxygen atoms in total. The lowest BCUT2D eigenvalue weighted by Crippen LogP contribution is -2.32. The highest BCUT2D eigenvalue weighted by atomic mass is 32.1. The van der Waals surface area contributed by atoms with Crippen molar-refractivity contribution in [1.29, 1.82) is 0 Å². The van der Waals surface area contributed by atoms with Crippen molar-refractivity contribution in [1.82, 2.24) is 19.9 Å². The molecule has 8 heteroatoms. The highest BCUT2D eigenvalue weighted by Crippen LogP contribution is 2.65. The Balaban J connectivity index is 0.574. The maximum atomic E-state index is 7.27. The van der Waals surface area contributed by atoms with Gasteiger partial charge in [-0.2, -0.15) is 0 Å². The van der Waals surface area contributed by atoms with Gasteiger partial charge in [0.2, 0.25) is 0 Å². The summed E-state index contributed by atoms with van der Waals surface area (Å²) < 4.78 is 23.1. The molecule has 4 aliphatic rings. The van der Waals surface area contributed by atoms with Crippen molar-refractivity contribution in [2.75, 3.05) is 0 Å². The van der Waals surface area contributed by atoms with E-state index in [-0.39, 0.29) is 0 Å². The Kier molecular flexibility index (Phi) is 14.0. The summed E-state index contributed by atoms with van der Waals surface area (Å²) in [5.74, 6) is 4.65. The molecule has 0 unspecified atom stereocenters. The summed E-state index contributed by atoms with van der Waals surface area (Å²) in [5.41, 5.74) is 30.3. The fourth-order valence-electron chi connectivity index (χ4n) is 18.9. The van der Waals surface area contributed by atoms with E-state index < -0.39 is 10.8 Å². The van der Waals surface area contributed by atoms with Crippen LogP contribution in [0.2, 0.25) is 0 Å². The normalized spacial score (nSPS) is 13.4. The molecule has 6 heterocycles. The number of aromatic nitrogens is 4. The summed E-state index contributed by atoms with van der Waals surface area (Å²) in [5, 5.41) is 4.67. The molecular weight excluding hydrogens is 1410 g/mol. The SMILES string of the molecule is c1ccc(-c2nc(-c3ccc(-c4ccc5c(c4)C4(c6ccc(-c7ccc(-c8nc(-c9ccc(-c%10ccc%11c(c%10)C%10(c%12ccccc%12O%11)c%11ccccc%11-c%11ccccc%11%10)cc9)cc(-c9ccc%10c(c9)oc9ccccc9%10)n8)cc7)cc6O5)c5ccccc5-c5ccccc54)cc3)cc(-c3ccc4c(c3)sc3ccccc34)n2)cc1. The average Bonchev–Trinajstić information content (AvgIpc) is 1.51. The highest BCUT2D eigenvalue weighted by molar-refractivity contribution is 7.25. The number of benzene rings is 16. The molecule has 0 bridgehead atoms. The smallest absolute Gasteiger partial charge is 0.160 e. The van der Waals surface area contributed by atoms with Crippen molar-refractivity contribution in [3.63, 3.8) is 0 Å². The van der Waals surface area contributed by atoms with Gasteiger partial charge in [-0.25, -0.2) is 19.9 Å². The van der Waals surface area contributed by atoms with Crippen LogP contribution in [-0.4, -0.2) is 19.9 Å². The molecule has 0 fully saturated rings. The Morgan fingerprint density at radius 3 is 1.14 bits per heavy atom. The van der Waals surface area contributed by atoms with E-state index >= 15 is 0 Å². The van der Waals surface area contributed by atoms with E-state index in [2.05, 4.69) is 346 Å². The molecule has 0 amide bonds. The lowest BCUT2D eigenvalue weighted by atomic mass is 9.65. The van der Waals surface area contributed by atoms with E-state index in [4.69, 9.17) is 33.8 Å². The van der Waals surface area contributed by atoms with Gasteiger partial charge in [-0.3, -0.25) is 0 Å². The quantitative estimate of drug-likeness (QED) is 0.142. The molecule has 20 aromatic rings. The molecule has 0 saturated heterocycles. The number of para-hydroxylation sites is 2. The van der Waals surface area contributed by atoms with E-state index in [1.807, 2.05) is 41.7 Å². The minimum atomic E-state index is -0.697. The third-order valence-electron chi connectivity index (χ3n) is 24.1. The molecule has 4 aromatic heterocycles. The molecule has 2 aliphatic carbocycles. The first-order chi connectivity index (χ1) is 56.4. The summed E-state index contributed by atoms with van der Waals surface area (Å²) >= 11 is 1.82. The largest absolute Gasteiger partial charge is 0.457 e. The van der Waals surface area contributed by atoms with Gasteiger partial charge in [0.05, 0.1) is 33.6 Å². The van der Waals surface area contributed by atoms with Crippen LogP contribution < -0.4 is 9.47 Å². The second kappa shape index (κ2) is 24.9. The zero-order valence-electron chi connectivity index (χ0n) is 61.2. The first kappa shape index (κ1) is 64.2. The summed E-state index contributed by atoms with van der Waals surface area (Å²) in [6.45, 7) is 0. The number of fused-ring (bicyclic) bond motifs is 24. The van der Waals surface area contributed by atoms with Crippen molar-refractivity contribution in [2.24, 2.45) is 0 Å². The van der Waals surface area contributed by atoms with E-state index in [0.717, 1.165) is 157 Å². The standard InChI is InChI=1S/C106H62N4O3S/c1-2-18-68(19-3-1)103-107-92(62-94(110-103)74-47-52-82-81-25-9-17-33-101(81)114-102(82)60-74)67-42-36-64(37-43-67)71-50-55-98-90(57-71)106(85-28-12-6-22-77(85)78-23-7-13-29-86(78)106)88-53-48-72(58-100(88)113-98)65-38-44-69(45-39-65)104-108-91(61-93(109-104)73-46-51-80-79-24-8-15-31-95(79)111-99(80)59-73)66-40-34-63(35-41-66)70-49-54-97-89(56-70)105(87-30-14-16-32-96(87)112-97)83-26-10-4-20-75(83)76-21-5-11-27-84(76)105/h1-62H. The number of thiophene rings is 1. The topological polar surface area (TPSA) is 83.2 Å². The molecule has 24 rings (SSSR count). The molecule has 0 saturated carbocycles. The van der Waals surface area contributed by atoms with Crippen LogP contribution >= 0.6 is 11.3 Å². The Morgan fingerprint density at radius 1 is 0.202 bits per heavy atom. The molecule has 2 spiro atoms. The van der Waals surface area contributed by atoms with E-state index in [9.17, 15) is 0 Å². The van der Waals surface area contributed by atoms with Crippen LogP contribution in [0.1, 0.15) is 44.5 Å². The Bertz CT molecular complexity index is 7330. The van der Waals surface area contributed by atoms with Crippen molar-refractivity contribution in [2.45, 2.75) is 10.8 Å². The van der Waals surface area contributed by atoms with Gasteiger partial charge in [0.25, 0.3) is 0 Å². The number of hydrogen-bond acceptors (Lipinski definition) is 8. The summed E-state index contributed by atoms with van der Waals surface area (Å²) in [4.78, 5) is 21.3. The van der Waals surface area contributed by atoms with E-state index in [1.165, 1.54) is 64.7 Å². The molecule has 114 heavy (non-hydrogen) atoms. The van der Waals surface area contributed by atoms with Gasteiger partial charge in [-0.15, -0.1) is 11.3 Å². The summed E-state index contributed by atoms with van der Waals surface area (Å²) in [6.07, 6.45) is 0. The maximum absolute atomic E-state index is 7.27. The van der Waals surface area contributed by atoms with Crippen LogP contribution in [0.5, 0.6) is 23.0 Å². The molecule has 0 radical (unpaired) electrons. The summed E-state index contributed by atoms with van der Waals surface area (Å²) in [6, 6.07) is 135. The van der Waals surface area contributed by atoms with Crippen LogP contribution in [0.25, 0.3) is 166 Å². The van der Waals surface area contributed by atoms with Crippen molar-refractivity contribution < 1.29 is 13.9 Å². The van der Waals surface area contributed by atoms with Crippen LogP contribution in [0.4, 0.5) is 0 Å². The van der Waals surface area contributed by atoms with Crippen LogP contribution in [-0.2, 0) is 10.8 Å². The monoisotopic (exact) mass is 1470 g/mol. The van der Waals surface area contributed by atoms with Gasteiger partial charge in [-0.05, 0) is 157 Å². The Morgan fingerprint density at radius 2 is 0.570 bits per heavy atom. The van der Waals surface area contributed by atoms with Crippen LogP contribution in [0.15, 0.2) is 381 Å². The molecule has 2 aliphatic heterocycles. The Hall–Kier alpha value is -14.7. The molecule has 16 aromatic carbocycles. The number of hydrogen-bond donors (Lipinski definition) is 0. The Labute approximate surface area is 660 Å². The van der Waals surface area contributed by atoms with Gasteiger partial charge in [0, 0.05) is 86.6 Å². The molecule has 0 N–H and O–H groups in total. The number of rotatable bonds is 9. The first-order valence-electron chi connectivity index (χ1n) is 38.7. The highest BCUT2D eigenvalue weighted by Gasteiger charge is 2.53. The predicted octanol–water partition coefficient (Wildman–Crippen LogP) is 27.5. The second-order valence-corrected chi connectivity index (χ2v) is 31.2. The fourth-order valence-corrected chi connectivity index (χ4v) is 20.0. The van der Waals surface area contributed by atoms with E-state index in [1.54, 1.807) is 0 Å².